The standard InChI is InChI=1S/C20H21FN2O3/c1-13-5-6-15(9-22-13)19(25)23-10-18(24)20(12-23)8-16(11-26-20)14-3-2-4-17(21)7-14/h2-7,9,16,18,24H,8,10-12H2,1H3/t16-,18-,20-/m1/s1. The molecule has 0 radical (unpaired) electrons. The lowest BCUT2D eigenvalue weighted by Crippen LogP contribution is -2.41. The molecule has 2 saturated heterocycles. The zero-order valence-corrected chi connectivity index (χ0v) is 14.6. The number of pyridine rings is 1. The molecule has 0 aliphatic carbocycles. The minimum Gasteiger partial charge on any atom is -0.388 e. The topological polar surface area (TPSA) is 62.7 Å². The number of benzene rings is 1. The van der Waals surface area contributed by atoms with Crippen molar-refractivity contribution in [3.63, 3.8) is 0 Å². The number of aromatic nitrogens is 1. The van der Waals surface area contributed by atoms with Gasteiger partial charge in [0, 0.05) is 24.4 Å². The third-order valence-electron chi connectivity index (χ3n) is 5.39. The Balaban J connectivity index is 1.50. The first-order chi connectivity index (χ1) is 12.5. The lowest BCUT2D eigenvalue weighted by Gasteiger charge is -2.26. The van der Waals surface area contributed by atoms with E-state index in [-0.39, 0.29) is 24.2 Å². The molecule has 1 aromatic heterocycles. The maximum absolute atomic E-state index is 13.5. The molecule has 1 amide bonds. The van der Waals surface area contributed by atoms with Gasteiger partial charge >= 0.3 is 0 Å². The highest BCUT2D eigenvalue weighted by Gasteiger charge is 2.53. The molecule has 1 aromatic carbocycles. The van der Waals surface area contributed by atoms with E-state index in [4.69, 9.17) is 4.74 Å². The lowest BCUT2D eigenvalue weighted by atomic mass is 9.87. The number of likely N-dealkylation sites (tertiary alicyclic amines) is 1. The fourth-order valence-electron chi connectivity index (χ4n) is 3.92. The van der Waals surface area contributed by atoms with E-state index in [2.05, 4.69) is 4.98 Å². The molecule has 1 N–H and O–H groups in total. The Kier molecular flexibility index (Phi) is 4.25. The zero-order valence-electron chi connectivity index (χ0n) is 14.6. The Bertz CT molecular complexity index is 826. The van der Waals surface area contributed by atoms with Crippen LogP contribution in [-0.2, 0) is 4.74 Å². The maximum atomic E-state index is 13.5. The van der Waals surface area contributed by atoms with Gasteiger partial charge in [0.05, 0.1) is 18.7 Å². The summed E-state index contributed by atoms with van der Waals surface area (Å²) >= 11 is 0. The second-order valence-electron chi connectivity index (χ2n) is 7.22. The van der Waals surface area contributed by atoms with Gasteiger partial charge in [-0.15, -0.1) is 0 Å². The molecule has 4 rings (SSSR count). The van der Waals surface area contributed by atoms with Crippen molar-refractivity contribution in [1.82, 2.24) is 9.88 Å². The van der Waals surface area contributed by atoms with Crippen LogP contribution in [0.3, 0.4) is 0 Å². The molecule has 3 heterocycles. The number of ether oxygens (including phenoxy) is 1. The van der Waals surface area contributed by atoms with Gasteiger partial charge in [-0.3, -0.25) is 9.78 Å². The smallest absolute Gasteiger partial charge is 0.255 e. The van der Waals surface area contributed by atoms with Crippen molar-refractivity contribution < 1.29 is 19.0 Å². The van der Waals surface area contributed by atoms with Gasteiger partial charge in [0.1, 0.15) is 17.5 Å². The summed E-state index contributed by atoms with van der Waals surface area (Å²) in [7, 11) is 0. The van der Waals surface area contributed by atoms with E-state index >= 15 is 0 Å². The predicted molar refractivity (Wildman–Crippen MR) is 93.3 cm³/mol. The van der Waals surface area contributed by atoms with Crippen LogP contribution in [0, 0.1) is 12.7 Å². The third-order valence-corrected chi connectivity index (χ3v) is 5.39. The van der Waals surface area contributed by atoms with Crippen molar-refractivity contribution >= 4 is 5.91 Å². The number of rotatable bonds is 2. The lowest BCUT2D eigenvalue weighted by molar-refractivity contribution is -0.0591. The van der Waals surface area contributed by atoms with Crippen LogP contribution in [-0.4, -0.2) is 52.3 Å². The first kappa shape index (κ1) is 17.1. The molecule has 26 heavy (non-hydrogen) atoms. The monoisotopic (exact) mass is 356 g/mol. The summed E-state index contributed by atoms with van der Waals surface area (Å²) in [6.07, 6.45) is 1.36. The number of nitrogens with zero attached hydrogens (tertiary/aromatic N) is 2. The largest absolute Gasteiger partial charge is 0.388 e. The molecule has 0 unspecified atom stereocenters. The van der Waals surface area contributed by atoms with Crippen molar-refractivity contribution in [3.05, 3.63) is 65.2 Å². The summed E-state index contributed by atoms with van der Waals surface area (Å²) in [6.45, 7) is 2.83. The molecular formula is C20H21FN2O3. The van der Waals surface area contributed by atoms with Gasteiger partial charge in [0.25, 0.3) is 5.91 Å². The van der Waals surface area contributed by atoms with Gasteiger partial charge in [0.15, 0.2) is 0 Å². The molecule has 136 valence electrons. The van der Waals surface area contributed by atoms with Gasteiger partial charge in [-0.1, -0.05) is 12.1 Å². The first-order valence-corrected chi connectivity index (χ1v) is 8.76. The predicted octanol–water partition coefficient (Wildman–Crippen LogP) is 2.29. The molecule has 5 nitrogen and oxygen atoms in total. The van der Waals surface area contributed by atoms with Crippen molar-refractivity contribution in [3.8, 4) is 0 Å². The van der Waals surface area contributed by atoms with Crippen molar-refractivity contribution in [1.29, 1.82) is 0 Å². The molecule has 2 aromatic rings. The average molecular weight is 356 g/mol. The van der Waals surface area contributed by atoms with E-state index in [0.717, 1.165) is 11.3 Å². The molecule has 2 fully saturated rings. The molecule has 3 atom stereocenters. The summed E-state index contributed by atoms with van der Waals surface area (Å²) in [5.41, 5.74) is 1.42. The van der Waals surface area contributed by atoms with E-state index in [0.29, 0.717) is 25.1 Å². The third kappa shape index (κ3) is 2.99. The molecule has 6 heteroatoms. The summed E-state index contributed by atoms with van der Waals surface area (Å²) in [5.74, 6) is -0.429. The van der Waals surface area contributed by atoms with Crippen LogP contribution in [0.2, 0.25) is 0 Å². The second kappa shape index (κ2) is 6.45. The van der Waals surface area contributed by atoms with Crippen LogP contribution in [0.15, 0.2) is 42.6 Å². The SMILES string of the molecule is Cc1ccc(C(=O)N2C[C@@H](O)[C@@]3(C[C@@H](c4cccc(F)c4)CO3)C2)cn1. The number of halogens is 1. The van der Waals surface area contributed by atoms with Crippen molar-refractivity contribution in [2.45, 2.75) is 31.0 Å². The molecule has 2 aliphatic heterocycles. The van der Waals surface area contributed by atoms with Gasteiger partial charge in [0.2, 0.25) is 0 Å². The highest BCUT2D eigenvalue weighted by atomic mass is 19.1. The van der Waals surface area contributed by atoms with Crippen LogP contribution >= 0.6 is 0 Å². The van der Waals surface area contributed by atoms with E-state index < -0.39 is 11.7 Å². The van der Waals surface area contributed by atoms with E-state index in [9.17, 15) is 14.3 Å². The van der Waals surface area contributed by atoms with Crippen molar-refractivity contribution in [2.75, 3.05) is 19.7 Å². The number of aliphatic hydroxyl groups excluding tert-OH is 1. The Morgan fingerprint density at radius 3 is 2.96 bits per heavy atom. The van der Waals surface area contributed by atoms with E-state index in [1.807, 2.05) is 13.0 Å². The zero-order chi connectivity index (χ0) is 18.3. The number of hydrogen-bond acceptors (Lipinski definition) is 4. The maximum Gasteiger partial charge on any atom is 0.255 e. The summed E-state index contributed by atoms with van der Waals surface area (Å²) in [5, 5.41) is 10.6. The van der Waals surface area contributed by atoms with Crippen LogP contribution in [0.25, 0.3) is 0 Å². The number of carbonyl (C=O) groups is 1. The molecule has 0 saturated carbocycles. The van der Waals surface area contributed by atoms with Crippen LogP contribution in [0.5, 0.6) is 0 Å². The fourth-order valence-corrected chi connectivity index (χ4v) is 3.92. The normalized spacial score (nSPS) is 28.0. The van der Waals surface area contributed by atoms with Gasteiger partial charge in [-0.05, 0) is 43.2 Å². The quantitative estimate of drug-likeness (QED) is 0.897. The number of aryl methyl sites for hydroxylation is 1. The van der Waals surface area contributed by atoms with E-state index in [1.165, 1.54) is 12.1 Å². The molecular weight excluding hydrogens is 335 g/mol. The summed E-state index contributed by atoms with van der Waals surface area (Å²) in [6, 6.07) is 10.0. The Morgan fingerprint density at radius 2 is 2.23 bits per heavy atom. The van der Waals surface area contributed by atoms with Gasteiger partial charge in [-0.2, -0.15) is 0 Å². The number of β-amino-alcohol motifs (C(OH)–C–C–N with tert-alkyl or cyclic N) is 1. The molecule has 1 spiro atoms. The Hall–Kier alpha value is -2.31. The van der Waals surface area contributed by atoms with Crippen LogP contribution in [0.4, 0.5) is 4.39 Å². The number of hydrogen-bond donors (Lipinski definition) is 1. The van der Waals surface area contributed by atoms with Crippen LogP contribution < -0.4 is 0 Å². The highest BCUT2D eigenvalue weighted by Crippen LogP contribution is 2.42. The second-order valence-corrected chi connectivity index (χ2v) is 7.22. The van der Waals surface area contributed by atoms with E-state index in [1.54, 1.807) is 29.3 Å². The average Bonchev–Trinajstić information content (AvgIpc) is 3.20. The van der Waals surface area contributed by atoms with Gasteiger partial charge in [-0.25, -0.2) is 4.39 Å². The van der Waals surface area contributed by atoms with Gasteiger partial charge < -0.3 is 14.7 Å². The first-order valence-electron chi connectivity index (χ1n) is 8.76. The molecule has 2 aliphatic rings. The van der Waals surface area contributed by atoms with Crippen LogP contribution in [0.1, 0.15) is 34.0 Å². The highest BCUT2D eigenvalue weighted by molar-refractivity contribution is 5.94. The Morgan fingerprint density at radius 1 is 1.38 bits per heavy atom. The minimum atomic E-state index is -0.787. The number of aliphatic hydroxyl groups is 1. The molecule has 0 bridgehead atoms. The Labute approximate surface area is 151 Å². The number of amides is 1. The summed E-state index contributed by atoms with van der Waals surface area (Å²) < 4.78 is 19.5. The number of carbonyl (C=O) groups excluding carboxylic acids is 1. The summed E-state index contributed by atoms with van der Waals surface area (Å²) in [4.78, 5) is 18.5. The fraction of sp³-hybridized carbons (Fsp3) is 0.400. The minimum absolute atomic E-state index is 0.0106. The van der Waals surface area contributed by atoms with Crippen molar-refractivity contribution in [2.24, 2.45) is 0 Å².